The maximum absolute atomic E-state index is 12.7. The Hall–Kier alpha value is -2.75. The minimum absolute atomic E-state index is 0.0261. The predicted octanol–water partition coefficient (Wildman–Crippen LogP) is 4.00. The lowest BCUT2D eigenvalue weighted by Crippen LogP contribution is -2.42. The molecule has 1 heterocycles. The smallest absolute Gasteiger partial charge is 0.253 e. The van der Waals surface area contributed by atoms with Gasteiger partial charge in [0.15, 0.2) is 0 Å². The molecule has 2 aromatic rings. The van der Waals surface area contributed by atoms with Crippen molar-refractivity contribution < 1.29 is 14.3 Å². The van der Waals surface area contributed by atoms with Crippen LogP contribution in [0.4, 0.5) is 0 Å². The Morgan fingerprint density at radius 3 is 2.29 bits per heavy atom. The van der Waals surface area contributed by atoms with Crippen molar-refractivity contribution in [2.24, 2.45) is 0 Å². The lowest BCUT2D eigenvalue weighted by molar-refractivity contribution is -0.142. The molecule has 0 radical (unpaired) electrons. The van der Waals surface area contributed by atoms with Gasteiger partial charge in [-0.2, -0.15) is 0 Å². The largest absolute Gasteiger partial charge is 0.497 e. The zero-order valence-electron chi connectivity index (χ0n) is 14.1. The molecule has 0 saturated carbocycles. The molecular weight excluding hydrogens is 302 g/mol. The molecule has 0 aliphatic carbocycles. The molecule has 0 saturated heterocycles. The van der Waals surface area contributed by atoms with Crippen molar-refractivity contribution in [3.05, 3.63) is 71.8 Å². The summed E-state index contributed by atoms with van der Waals surface area (Å²) in [6, 6.07) is 17.3. The van der Waals surface area contributed by atoms with Gasteiger partial charge in [-0.1, -0.05) is 30.3 Å². The first kappa shape index (κ1) is 16.1. The first-order valence-electron chi connectivity index (χ1n) is 8.00. The number of rotatable bonds is 4. The van der Waals surface area contributed by atoms with Crippen LogP contribution in [-0.4, -0.2) is 24.0 Å². The van der Waals surface area contributed by atoms with Crippen LogP contribution in [0.1, 0.15) is 31.2 Å². The fraction of sp³-hybridized carbons (Fsp3) is 0.250. The van der Waals surface area contributed by atoms with Crippen LogP contribution in [-0.2, 0) is 9.53 Å². The Morgan fingerprint density at radius 2 is 1.71 bits per heavy atom. The van der Waals surface area contributed by atoms with E-state index in [0.29, 0.717) is 5.76 Å². The van der Waals surface area contributed by atoms with Gasteiger partial charge >= 0.3 is 0 Å². The van der Waals surface area contributed by atoms with Crippen LogP contribution in [0, 0.1) is 0 Å². The topological polar surface area (TPSA) is 38.8 Å². The molecule has 124 valence electrons. The second-order valence-electron chi connectivity index (χ2n) is 5.96. The van der Waals surface area contributed by atoms with E-state index < -0.39 is 6.23 Å². The van der Waals surface area contributed by atoms with Crippen LogP contribution < -0.4 is 4.74 Å². The number of benzene rings is 2. The second kappa shape index (κ2) is 6.79. The highest BCUT2D eigenvalue weighted by Crippen LogP contribution is 2.35. The third-order valence-electron chi connectivity index (χ3n) is 4.02. The van der Waals surface area contributed by atoms with Crippen LogP contribution in [0.3, 0.4) is 0 Å². The van der Waals surface area contributed by atoms with E-state index in [0.717, 1.165) is 16.9 Å². The molecule has 0 aromatic heterocycles. The van der Waals surface area contributed by atoms with Crippen molar-refractivity contribution in [2.45, 2.75) is 26.1 Å². The van der Waals surface area contributed by atoms with Gasteiger partial charge in [-0.05, 0) is 38.1 Å². The SMILES string of the molecule is COc1ccc(C2OC(c3ccccc3)=CC(=O)N2C(C)C)cc1. The average Bonchev–Trinajstić information content (AvgIpc) is 2.61. The van der Waals surface area contributed by atoms with E-state index in [1.54, 1.807) is 18.1 Å². The Morgan fingerprint density at radius 1 is 1.04 bits per heavy atom. The number of nitrogens with zero attached hydrogens (tertiary/aromatic N) is 1. The maximum Gasteiger partial charge on any atom is 0.253 e. The van der Waals surface area contributed by atoms with E-state index >= 15 is 0 Å². The zero-order chi connectivity index (χ0) is 17.1. The number of ether oxygens (including phenoxy) is 2. The van der Waals surface area contributed by atoms with Crippen molar-refractivity contribution in [1.82, 2.24) is 4.90 Å². The number of carbonyl (C=O) groups excluding carboxylic acids is 1. The van der Waals surface area contributed by atoms with E-state index in [1.807, 2.05) is 68.4 Å². The lowest BCUT2D eigenvalue weighted by Gasteiger charge is -2.38. The van der Waals surface area contributed by atoms with Crippen molar-refractivity contribution >= 4 is 11.7 Å². The van der Waals surface area contributed by atoms with E-state index in [-0.39, 0.29) is 11.9 Å². The Kier molecular flexibility index (Phi) is 4.56. The fourth-order valence-electron chi connectivity index (χ4n) is 2.79. The van der Waals surface area contributed by atoms with Crippen molar-refractivity contribution in [2.75, 3.05) is 7.11 Å². The first-order valence-corrected chi connectivity index (χ1v) is 8.00. The quantitative estimate of drug-likeness (QED) is 0.853. The molecule has 24 heavy (non-hydrogen) atoms. The number of hydrogen-bond donors (Lipinski definition) is 0. The molecular formula is C20H21NO3. The van der Waals surface area contributed by atoms with Gasteiger partial charge in [-0.15, -0.1) is 0 Å². The summed E-state index contributed by atoms with van der Waals surface area (Å²) in [6.45, 7) is 3.97. The van der Waals surface area contributed by atoms with Crippen LogP contribution in [0.15, 0.2) is 60.7 Å². The summed E-state index contributed by atoms with van der Waals surface area (Å²) in [5.41, 5.74) is 1.81. The molecule has 1 amide bonds. The molecule has 1 aliphatic rings. The van der Waals surface area contributed by atoms with Crippen LogP contribution in [0.25, 0.3) is 5.76 Å². The number of methoxy groups -OCH3 is 1. The summed E-state index contributed by atoms with van der Waals surface area (Å²) < 4.78 is 11.4. The van der Waals surface area contributed by atoms with Gasteiger partial charge in [0.25, 0.3) is 5.91 Å². The van der Waals surface area contributed by atoms with E-state index in [2.05, 4.69) is 0 Å². The molecule has 0 bridgehead atoms. The third-order valence-corrected chi connectivity index (χ3v) is 4.02. The maximum atomic E-state index is 12.7. The molecule has 4 heteroatoms. The van der Waals surface area contributed by atoms with Crippen molar-refractivity contribution in [1.29, 1.82) is 0 Å². The Bertz CT molecular complexity index is 735. The van der Waals surface area contributed by atoms with Gasteiger partial charge in [0, 0.05) is 23.2 Å². The summed E-state index contributed by atoms with van der Waals surface area (Å²) in [7, 11) is 1.63. The highest BCUT2D eigenvalue weighted by atomic mass is 16.5. The molecule has 1 atom stereocenters. The van der Waals surface area contributed by atoms with Gasteiger partial charge in [0.05, 0.1) is 7.11 Å². The Labute approximate surface area is 142 Å². The van der Waals surface area contributed by atoms with Crippen LogP contribution in [0.5, 0.6) is 5.75 Å². The molecule has 3 rings (SSSR count). The van der Waals surface area contributed by atoms with Crippen molar-refractivity contribution in [3.63, 3.8) is 0 Å². The normalized spacial score (nSPS) is 17.5. The summed E-state index contributed by atoms with van der Waals surface area (Å²) in [6.07, 6.45) is 1.11. The number of carbonyl (C=O) groups is 1. The first-order chi connectivity index (χ1) is 11.6. The Balaban J connectivity index is 1.98. The zero-order valence-corrected chi connectivity index (χ0v) is 14.1. The van der Waals surface area contributed by atoms with E-state index in [1.165, 1.54) is 0 Å². The van der Waals surface area contributed by atoms with E-state index in [9.17, 15) is 4.79 Å². The van der Waals surface area contributed by atoms with Crippen LogP contribution >= 0.6 is 0 Å². The molecule has 1 unspecified atom stereocenters. The highest BCUT2D eigenvalue weighted by Gasteiger charge is 2.33. The fourth-order valence-corrected chi connectivity index (χ4v) is 2.79. The lowest BCUT2D eigenvalue weighted by atomic mass is 10.1. The van der Waals surface area contributed by atoms with Gasteiger partial charge < -0.3 is 9.47 Å². The molecule has 0 N–H and O–H groups in total. The molecule has 4 nitrogen and oxygen atoms in total. The minimum atomic E-state index is -0.455. The minimum Gasteiger partial charge on any atom is -0.497 e. The number of amides is 1. The summed E-state index contributed by atoms with van der Waals surface area (Å²) in [4.78, 5) is 14.4. The van der Waals surface area contributed by atoms with Gasteiger partial charge in [-0.3, -0.25) is 9.69 Å². The van der Waals surface area contributed by atoms with Gasteiger partial charge in [0.1, 0.15) is 11.5 Å². The molecule has 2 aromatic carbocycles. The summed E-state index contributed by atoms with van der Waals surface area (Å²) >= 11 is 0. The van der Waals surface area contributed by atoms with Crippen molar-refractivity contribution in [3.8, 4) is 5.75 Å². The van der Waals surface area contributed by atoms with Crippen LogP contribution in [0.2, 0.25) is 0 Å². The third kappa shape index (κ3) is 3.13. The van der Waals surface area contributed by atoms with Gasteiger partial charge in [-0.25, -0.2) is 0 Å². The van der Waals surface area contributed by atoms with E-state index in [4.69, 9.17) is 9.47 Å². The standard InChI is InChI=1S/C20H21NO3/c1-14(2)21-19(22)13-18(15-7-5-4-6-8-15)24-20(21)16-9-11-17(23-3)12-10-16/h4-14,20H,1-3H3. The summed E-state index contributed by atoms with van der Waals surface area (Å²) in [5, 5.41) is 0. The predicted molar refractivity (Wildman–Crippen MR) is 93.2 cm³/mol. The number of hydrogen-bond acceptors (Lipinski definition) is 3. The highest BCUT2D eigenvalue weighted by molar-refractivity contribution is 5.95. The second-order valence-corrected chi connectivity index (χ2v) is 5.96. The molecule has 0 spiro atoms. The monoisotopic (exact) mass is 323 g/mol. The average molecular weight is 323 g/mol. The van der Waals surface area contributed by atoms with Gasteiger partial charge in [0.2, 0.25) is 6.23 Å². The molecule has 0 fully saturated rings. The molecule has 1 aliphatic heterocycles. The summed E-state index contributed by atoms with van der Waals surface area (Å²) in [5.74, 6) is 1.32.